The number of thioether (sulfide) groups is 1. The van der Waals surface area contributed by atoms with Crippen LogP contribution in [-0.4, -0.2) is 27.3 Å². The number of rotatable bonds is 9. The summed E-state index contributed by atoms with van der Waals surface area (Å²) in [5.41, 5.74) is 2.45. The number of thiophene rings is 1. The number of hydrogen-bond donors (Lipinski definition) is 1. The number of benzene rings is 1. The fraction of sp³-hybridized carbons (Fsp3) is 0.480. The summed E-state index contributed by atoms with van der Waals surface area (Å²) >= 11 is 3.04. The minimum Gasteiger partial charge on any atom is -0.353 e. The SMILES string of the molecule is CCC(CC)NC(=O)CSc1nc2sc3c(c2c(=O)n1CCc1ccccc1)CCCC3. The minimum absolute atomic E-state index is 0.00173. The van der Waals surface area contributed by atoms with Gasteiger partial charge in [0.15, 0.2) is 5.16 Å². The van der Waals surface area contributed by atoms with Gasteiger partial charge in [-0.2, -0.15) is 0 Å². The molecule has 1 aliphatic carbocycles. The van der Waals surface area contributed by atoms with E-state index in [1.165, 1.54) is 34.2 Å². The van der Waals surface area contributed by atoms with Crippen LogP contribution in [-0.2, 0) is 30.6 Å². The molecule has 0 fully saturated rings. The molecule has 1 aliphatic rings. The van der Waals surface area contributed by atoms with Crippen molar-refractivity contribution in [2.75, 3.05) is 5.75 Å². The minimum atomic E-state index is -0.00173. The van der Waals surface area contributed by atoms with Crippen LogP contribution in [0.25, 0.3) is 10.2 Å². The van der Waals surface area contributed by atoms with E-state index in [1.54, 1.807) is 15.9 Å². The van der Waals surface area contributed by atoms with Crippen LogP contribution in [0.3, 0.4) is 0 Å². The van der Waals surface area contributed by atoms with Crippen molar-refractivity contribution in [3.63, 3.8) is 0 Å². The highest BCUT2D eigenvalue weighted by molar-refractivity contribution is 7.99. The molecule has 3 aromatic rings. The Labute approximate surface area is 197 Å². The van der Waals surface area contributed by atoms with E-state index in [1.807, 2.05) is 18.2 Å². The molecule has 0 atom stereocenters. The lowest BCUT2D eigenvalue weighted by molar-refractivity contribution is -0.119. The molecule has 32 heavy (non-hydrogen) atoms. The Kier molecular flexibility index (Phi) is 7.68. The number of fused-ring (bicyclic) bond motifs is 3. The molecule has 4 rings (SSSR count). The normalized spacial score (nSPS) is 13.5. The first-order valence-electron chi connectivity index (χ1n) is 11.6. The molecule has 0 aliphatic heterocycles. The van der Waals surface area contributed by atoms with E-state index >= 15 is 0 Å². The van der Waals surface area contributed by atoms with Crippen molar-refractivity contribution in [2.24, 2.45) is 0 Å². The second-order valence-corrected chi connectivity index (χ2v) is 10.4. The highest BCUT2D eigenvalue weighted by Gasteiger charge is 2.22. The number of aryl methyl sites for hydroxylation is 3. The Bertz CT molecular complexity index is 1130. The Morgan fingerprint density at radius 2 is 1.94 bits per heavy atom. The van der Waals surface area contributed by atoms with Crippen molar-refractivity contribution in [1.29, 1.82) is 0 Å². The predicted molar refractivity (Wildman–Crippen MR) is 134 cm³/mol. The summed E-state index contributed by atoms with van der Waals surface area (Å²) in [6.07, 6.45) is 6.91. The van der Waals surface area contributed by atoms with Crippen LogP contribution >= 0.6 is 23.1 Å². The first-order valence-corrected chi connectivity index (χ1v) is 13.4. The first-order chi connectivity index (χ1) is 15.6. The number of aromatic nitrogens is 2. The third-order valence-corrected chi connectivity index (χ3v) is 8.35. The molecule has 0 radical (unpaired) electrons. The molecule has 0 saturated carbocycles. The highest BCUT2D eigenvalue weighted by Crippen LogP contribution is 2.34. The topological polar surface area (TPSA) is 64.0 Å². The quantitative estimate of drug-likeness (QED) is 0.355. The zero-order valence-corrected chi connectivity index (χ0v) is 20.5. The monoisotopic (exact) mass is 469 g/mol. The van der Waals surface area contributed by atoms with E-state index in [0.717, 1.165) is 48.7 Å². The van der Waals surface area contributed by atoms with Gasteiger partial charge in [-0.15, -0.1) is 11.3 Å². The molecule has 0 bridgehead atoms. The van der Waals surface area contributed by atoms with Gasteiger partial charge in [0, 0.05) is 17.5 Å². The van der Waals surface area contributed by atoms with E-state index in [-0.39, 0.29) is 23.3 Å². The van der Waals surface area contributed by atoms with Gasteiger partial charge in [-0.3, -0.25) is 14.2 Å². The number of nitrogens with one attached hydrogen (secondary N) is 1. The summed E-state index contributed by atoms with van der Waals surface area (Å²) in [4.78, 5) is 33.2. The molecule has 1 amide bonds. The van der Waals surface area contributed by atoms with Crippen LogP contribution in [0.15, 0.2) is 40.3 Å². The van der Waals surface area contributed by atoms with Gasteiger partial charge in [0.1, 0.15) is 4.83 Å². The number of hydrogen-bond acceptors (Lipinski definition) is 5. The summed E-state index contributed by atoms with van der Waals surface area (Å²) in [6, 6.07) is 10.4. The summed E-state index contributed by atoms with van der Waals surface area (Å²) in [5, 5.41) is 4.54. The maximum Gasteiger partial charge on any atom is 0.263 e. The zero-order valence-electron chi connectivity index (χ0n) is 18.9. The summed E-state index contributed by atoms with van der Waals surface area (Å²) in [6.45, 7) is 4.72. The van der Waals surface area contributed by atoms with Crippen molar-refractivity contribution < 1.29 is 4.79 Å². The van der Waals surface area contributed by atoms with Gasteiger partial charge in [0.05, 0.1) is 11.1 Å². The lowest BCUT2D eigenvalue weighted by Gasteiger charge is -2.16. The highest BCUT2D eigenvalue weighted by atomic mass is 32.2. The van der Waals surface area contributed by atoms with Crippen molar-refractivity contribution in [3.05, 3.63) is 56.7 Å². The molecule has 2 heterocycles. The van der Waals surface area contributed by atoms with Gasteiger partial charge >= 0.3 is 0 Å². The van der Waals surface area contributed by atoms with Gasteiger partial charge < -0.3 is 5.32 Å². The summed E-state index contributed by atoms with van der Waals surface area (Å²) in [5.74, 6) is 0.267. The van der Waals surface area contributed by atoms with Gasteiger partial charge in [0.25, 0.3) is 5.56 Å². The largest absolute Gasteiger partial charge is 0.353 e. The summed E-state index contributed by atoms with van der Waals surface area (Å²) < 4.78 is 1.80. The molecule has 1 N–H and O–H groups in total. The second kappa shape index (κ2) is 10.7. The Morgan fingerprint density at radius 3 is 2.69 bits per heavy atom. The Morgan fingerprint density at radius 1 is 1.19 bits per heavy atom. The Balaban J connectivity index is 1.64. The third-order valence-electron chi connectivity index (χ3n) is 6.19. The van der Waals surface area contributed by atoms with Crippen molar-refractivity contribution in [3.8, 4) is 0 Å². The molecule has 0 saturated heterocycles. The van der Waals surface area contributed by atoms with Crippen LogP contribution in [0.1, 0.15) is 55.5 Å². The Hall–Kier alpha value is -2.12. The molecule has 170 valence electrons. The third kappa shape index (κ3) is 5.09. The first kappa shape index (κ1) is 23.1. The average molecular weight is 470 g/mol. The van der Waals surface area contributed by atoms with Crippen LogP contribution < -0.4 is 10.9 Å². The molecule has 7 heteroatoms. The number of nitrogens with zero attached hydrogens (tertiary/aromatic N) is 2. The van der Waals surface area contributed by atoms with E-state index in [4.69, 9.17) is 4.98 Å². The second-order valence-electron chi connectivity index (χ2n) is 8.35. The van der Waals surface area contributed by atoms with Crippen molar-refractivity contribution in [2.45, 2.75) is 76.5 Å². The number of carbonyl (C=O) groups excluding carboxylic acids is 1. The van der Waals surface area contributed by atoms with E-state index in [2.05, 4.69) is 31.3 Å². The molecular formula is C25H31N3O2S2. The van der Waals surface area contributed by atoms with E-state index < -0.39 is 0 Å². The van der Waals surface area contributed by atoms with Crippen molar-refractivity contribution in [1.82, 2.24) is 14.9 Å². The fourth-order valence-corrected chi connectivity index (χ4v) is 6.44. The molecule has 1 aromatic carbocycles. The summed E-state index contributed by atoms with van der Waals surface area (Å²) in [7, 11) is 0. The van der Waals surface area contributed by atoms with E-state index in [9.17, 15) is 9.59 Å². The van der Waals surface area contributed by atoms with Crippen LogP contribution in [0, 0.1) is 0 Å². The average Bonchev–Trinajstić information content (AvgIpc) is 3.20. The predicted octanol–water partition coefficient (Wildman–Crippen LogP) is 4.98. The van der Waals surface area contributed by atoms with Crippen LogP contribution in [0.4, 0.5) is 0 Å². The van der Waals surface area contributed by atoms with Crippen LogP contribution in [0.2, 0.25) is 0 Å². The maximum absolute atomic E-state index is 13.6. The number of carbonyl (C=O) groups is 1. The molecule has 0 spiro atoms. The maximum atomic E-state index is 13.6. The van der Waals surface area contributed by atoms with Crippen LogP contribution in [0.5, 0.6) is 0 Å². The van der Waals surface area contributed by atoms with Gasteiger partial charge in [-0.1, -0.05) is 55.9 Å². The van der Waals surface area contributed by atoms with Gasteiger partial charge in [0.2, 0.25) is 5.91 Å². The number of amides is 1. The smallest absolute Gasteiger partial charge is 0.263 e. The fourth-order valence-electron chi connectivity index (χ4n) is 4.31. The van der Waals surface area contributed by atoms with Gasteiger partial charge in [-0.25, -0.2) is 4.98 Å². The lowest BCUT2D eigenvalue weighted by atomic mass is 9.97. The van der Waals surface area contributed by atoms with E-state index in [0.29, 0.717) is 11.7 Å². The standard InChI is InChI=1S/C25H31N3O2S2/c1-3-18(4-2)26-21(29)16-31-25-27-23-22(19-12-8-9-13-20(19)32-23)24(30)28(25)15-14-17-10-6-5-7-11-17/h5-7,10-11,18H,3-4,8-9,12-16H2,1-2H3,(H,26,29). The van der Waals surface area contributed by atoms with Crippen molar-refractivity contribution >= 4 is 39.2 Å². The molecule has 0 unspecified atom stereocenters. The van der Waals surface area contributed by atoms with Gasteiger partial charge in [-0.05, 0) is 56.1 Å². The molecular weight excluding hydrogens is 438 g/mol. The molecule has 5 nitrogen and oxygen atoms in total. The lowest BCUT2D eigenvalue weighted by Crippen LogP contribution is -2.35. The molecule has 2 aromatic heterocycles. The zero-order chi connectivity index (χ0) is 22.5.